The van der Waals surface area contributed by atoms with Gasteiger partial charge in [0.1, 0.15) is 0 Å². The van der Waals surface area contributed by atoms with E-state index in [1.165, 1.54) is 0 Å². The maximum absolute atomic E-state index is 5.46. The van der Waals surface area contributed by atoms with Gasteiger partial charge in [0.25, 0.3) is 0 Å². The van der Waals surface area contributed by atoms with E-state index in [-0.39, 0.29) is 17.9 Å². The molecule has 0 aliphatic carbocycles. The second-order valence-electron chi connectivity index (χ2n) is 4.97. The molecule has 0 N–H and O–H groups in total. The van der Waals surface area contributed by atoms with Gasteiger partial charge in [-0.2, -0.15) is 10.2 Å². The molecular weight excluding hydrogens is 240 g/mol. The molecule has 0 fully saturated rings. The molecular formula is C15H24N2O2. The zero-order valence-electron chi connectivity index (χ0n) is 12.7. The van der Waals surface area contributed by atoms with Gasteiger partial charge in [0, 0.05) is 13.0 Å². The van der Waals surface area contributed by atoms with Gasteiger partial charge in [-0.1, -0.05) is 13.5 Å². The van der Waals surface area contributed by atoms with Crippen LogP contribution in [0.25, 0.3) is 0 Å². The smallest absolute Gasteiger partial charge is 0.0963 e. The fourth-order valence-electron chi connectivity index (χ4n) is 2.41. The molecule has 0 bridgehead atoms. The third-order valence-corrected chi connectivity index (χ3v) is 3.83. The highest BCUT2D eigenvalue weighted by Crippen LogP contribution is 2.36. The van der Waals surface area contributed by atoms with E-state index >= 15 is 0 Å². The van der Waals surface area contributed by atoms with Crippen molar-refractivity contribution in [3.8, 4) is 0 Å². The molecule has 19 heavy (non-hydrogen) atoms. The normalized spacial score (nSPS) is 15.7. The maximum Gasteiger partial charge on any atom is 0.0963 e. The molecule has 3 atom stereocenters. The Morgan fingerprint density at radius 3 is 2.37 bits per heavy atom. The number of aryl methyl sites for hydroxylation is 2. The highest BCUT2D eigenvalue weighted by molar-refractivity contribution is 5.35. The number of rotatable bonds is 6. The monoisotopic (exact) mass is 264 g/mol. The summed E-state index contributed by atoms with van der Waals surface area (Å²) in [5.74, 6) is 1.02. The van der Waals surface area contributed by atoms with Gasteiger partial charge in [0.2, 0.25) is 0 Å². The standard InChI is InChI=1S/C15H24N2O2/c1-9-8-16-17-11(3)14(9)15(13(5)19-7)10(2)12(4)18-6/h8,10,12,15H,5H2,1-4,6-7H3/t10-,12+,15?/m0/s1. The average molecular weight is 264 g/mol. The van der Waals surface area contributed by atoms with Crippen LogP contribution < -0.4 is 0 Å². The number of allylic oxidation sites excluding steroid dienone is 1. The zero-order valence-corrected chi connectivity index (χ0v) is 12.7. The predicted octanol–water partition coefficient (Wildman–Crippen LogP) is 3.01. The Morgan fingerprint density at radius 2 is 1.89 bits per heavy atom. The molecule has 1 aromatic rings. The number of aromatic nitrogens is 2. The minimum Gasteiger partial charge on any atom is -0.501 e. The first kappa shape index (κ1) is 15.6. The molecule has 0 amide bonds. The maximum atomic E-state index is 5.46. The lowest BCUT2D eigenvalue weighted by Gasteiger charge is -2.30. The Balaban J connectivity index is 3.28. The topological polar surface area (TPSA) is 44.2 Å². The van der Waals surface area contributed by atoms with Gasteiger partial charge in [0.15, 0.2) is 0 Å². The molecule has 0 spiro atoms. The van der Waals surface area contributed by atoms with Gasteiger partial charge < -0.3 is 9.47 Å². The van der Waals surface area contributed by atoms with Crippen LogP contribution in [0.5, 0.6) is 0 Å². The average Bonchev–Trinajstić information content (AvgIpc) is 2.40. The molecule has 4 heteroatoms. The van der Waals surface area contributed by atoms with Crippen molar-refractivity contribution < 1.29 is 9.47 Å². The van der Waals surface area contributed by atoms with Crippen molar-refractivity contribution in [2.24, 2.45) is 5.92 Å². The number of methoxy groups -OCH3 is 2. The summed E-state index contributed by atoms with van der Waals surface area (Å²) in [6.45, 7) is 12.2. The highest BCUT2D eigenvalue weighted by Gasteiger charge is 2.30. The lowest BCUT2D eigenvalue weighted by Crippen LogP contribution is -2.26. The summed E-state index contributed by atoms with van der Waals surface area (Å²) in [6, 6.07) is 0. The molecule has 1 rings (SSSR count). The van der Waals surface area contributed by atoms with E-state index in [2.05, 4.69) is 30.6 Å². The van der Waals surface area contributed by atoms with Gasteiger partial charge in [-0.25, -0.2) is 0 Å². The molecule has 1 heterocycles. The van der Waals surface area contributed by atoms with E-state index in [4.69, 9.17) is 9.47 Å². The number of hydrogen-bond donors (Lipinski definition) is 0. The minimum absolute atomic E-state index is 0.0513. The van der Waals surface area contributed by atoms with Crippen molar-refractivity contribution in [1.82, 2.24) is 10.2 Å². The fraction of sp³-hybridized carbons (Fsp3) is 0.600. The third-order valence-electron chi connectivity index (χ3n) is 3.83. The van der Waals surface area contributed by atoms with E-state index in [0.29, 0.717) is 0 Å². The molecule has 0 saturated carbocycles. The summed E-state index contributed by atoms with van der Waals surface area (Å²) in [4.78, 5) is 0. The Morgan fingerprint density at radius 1 is 1.26 bits per heavy atom. The Labute approximate surface area is 115 Å². The largest absolute Gasteiger partial charge is 0.501 e. The van der Waals surface area contributed by atoms with Crippen LogP contribution in [-0.4, -0.2) is 30.5 Å². The number of hydrogen-bond acceptors (Lipinski definition) is 4. The summed E-state index contributed by atoms with van der Waals surface area (Å²) < 4.78 is 10.9. The summed E-state index contributed by atoms with van der Waals surface area (Å²) in [6.07, 6.45) is 1.88. The minimum atomic E-state index is 0.0513. The van der Waals surface area contributed by atoms with Crippen molar-refractivity contribution in [1.29, 1.82) is 0 Å². The molecule has 1 aromatic heterocycles. The van der Waals surface area contributed by atoms with Crippen LogP contribution in [0.1, 0.15) is 36.6 Å². The van der Waals surface area contributed by atoms with Gasteiger partial charge in [-0.3, -0.25) is 0 Å². The summed E-state index contributed by atoms with van der Waals surface area (Å²) in [7, 11) is 3.37. The van der Waals surface area contributed by atoms with E-state index < -0.39 is 0 Å². The van der Waals surface area contributed by atoms with Crippen LogP contribution in [0.15, 0.2) is 18.5 Å². The molecule has 0 aliphatic heterocycles. The SMILES string of the molecule is C=C(OC)C(c1c(C)cnnc1C)[C@@H](C)[C@@H](C)OC. The van der Waals surface area contributed by atoms with Crippen LogP contribution in [0, 0.1) is 19.8 Å². The van der Waals surface area contributed by atoms with Gasteiger partial charge in [-0.05, 0) is 37.8 Å². The van der Waals surface area contributed by atoms with Crippen LogP contribution in [0.2, 0.25) is 0 Å². The first-order chi connectivity index (χ1) is 8.93. The first-order valence-electron chi connectivity index (χ1n) is 6.48. The molecule has 1 unspecified atom stereocenters. The first-order valence-corrected chi connectivity index (χ1v) is 6.48. The highest BCUT2D eigenvalue weighted by atomic mass is 16.5. The molecule has 0 radical (unpaired) electrons. The van der Waals surface area contributed by atoms with E-state index in [9.17, 15) is 0 Å². The summed E-state index contributed by atoms with van der Waals surface area (Å²) >= 11 is 0. The van der Waals surface area contributed by atoms with Crippen LogP contribution in [0.3, 0.4) is 0 Å². The van der Waals surface area contributed by atoms with Crippen molar-refractivity contribution in [3.05, 3.63) is 35.4 Å². The van der Waals surface area contributed by atoms with Gasteiger partial charge >= 0.3 is 0 Å². The molecule has 0 aromatic carbocycles. The third kappa shape index (κ3) is 3.32. The fourth-order valence-corrected chi connectivity index (χ4v) is 2.41. The van der Waals surface area contributed by atoms with Crippen molar-refractivity contribution in [2.45, 2.75) is 39.7 Å². The van der Waals surface area contributed by atoms with Crippen LogP contribution >= 0.6 is 0 Å². The van der Waals surface area contributed by atoms with E-state index in [0.717, 1.165) is 22.6 Å². The molecule has 106 valence electrons. The Kier molecular flexibility index (Phi) is 5.48. The van der Waals surface area contributed by atoms with E-state index in [1.54, 1.807) is 20.4 Å². The molecule has 0 aliphatic rings. The molecule has 4 nitrogen and oxygen atoms in total. The van der Waals surface area contributed by atoms with Crippen molar-refractivity contribution in [3.63, 3.8) is 0 Å². The number of ether oxygens (including phenoxy) is 2. The van der Waals surface area contributed by atoms with Crippen LogP contribution in [0.4, 0.5) is 0 Å². The van der Waals surface area contributed by atoms with Gasteiger partial charge in [-0.15, -0.1) is 0 Å². The lowest BCUT2D eigenvalue weighted by atomic mass is 9.81. The lowest BCUT2D eigenvalue weighted by molar-refractivity contribution is 0.0587. The van der Waals surface area contributed by atoms with Crippen LogP contribution in [-0.2, 0) is 9.47 Å². The van der Waals surface area contributed by atoms with Crippen molar-refractivity contribution in [2.75, 3.05) is 14.2 Å². The molecule has 0 saturated heterocycles. The zero-order chi connectivity index (χ0) is 14.6. The summed E-state index contributed by atoms with van der Waals surface area (Å²) in [5, 5.41) is 8.14. The van der Waals surface area contributed by atoms with E-state index in [1.807, 2.05) is 13.8 Å². The Bertz CT molecular complexity index is 426. The number of nitrogens with zero attached hydrogens (tertiary/aromatic N) is 2. The summed E-state index contributed by atoms with van der Waals surface area (Å²) in [5.41, 5.74) is 3.16. The Hall–Kier alpha value is -1.42. The predicted molar refractivity (Wildman–Crippen MR) is 76.0 cm³/mol. The second-order valence-corrected chi connectivity index (χ2v) is 4.97. The quantitative estimate of drug-likeness (QED) is 0.741. The van der Waals surface area contributed by atoms with Gasteiger partial charge in [0.05, 0.1) is 30.9 Å². The second kappa shape index (κ2) is 6.66. The van der Waals surface area contributed by atoms with Crippen molar-refractivity contribution >= 4 is 0 Å².